The Labute approximate surface area is 91.4 Å². The second-order valence-corrected chi connectivity index (χ2v) is 4.05. The second kappa shape index (κ2) is 8.38. The van der Waals surface area contributed by atoms with E-state index in [1.807, 2.05) is 0 Å². The van der Waals surface area contributed by atoms with E-state index in [9.17, 15) is 9.70 Å². The molecule has 0 aliphatic heterocycles. The summed E-state index contributed by atoms with van der Waals surface area (Å²) in [6, 6.07) is -0.808. The first kappa shape index (κ1) is 14.1. The van der Waals surface area contributed by atoms with E-state index in [1.165, 1.54) is 0 Å². The van der Waals surface area contributed by atoms with Crippen LogP contribution in [0, 0.1) is 10.8 Å². The number of ether oxygens (including phenoxy) is 1. The molecular weight excluding hydrogens is 194 g/mol. The lowest BCUT2D eigenvalue weighted by atomic mass is 10.0. The zero-order valence-corrected chi connectivity index (χ0v) is 9.86. The van der Waals surface area contributed by atoms with E-state index in [0.717, 1.165) is 19.3 Å². The zero-order chi connectivity index (χ0) is 11.7. The van der Waals surface area contributed by atoms with Gasteiger partial charge in [0.1, 0.15) is 0 Å². The van der Waals surface area contributed by atoms with Crippen LogP contribution in [0.4, 0.5) is 0 Å². The Hall–Kier alpha value is -0.930. The van der Waals surface area contributed by atoms with Crippen molar-refractivity contribution in [3.8, 4) is 0 Å². The predicted octanol–water partition coefficient (Wildman–Crippen LogP) is 2.90. The van der Waals surface area contributed by atoms with E-state index >= 15 is 0 Å². The SMILES string of the molecule is CCOC(=O)C(CCCCC(C)C)N=O. The van der Waals surface area contributed by atoms with Gasteiger partial charge in [-0.15, -0.1) is 4.91 Å². The molecule has 0 aliphatic rings. The van der Waals surface area contributed by atoms with Gasteiger partial charge >= 0.3 is 5.97 Å². The van der Waals surface area contributed by atoms with Crippen LogP contribution in [0.15, 0.2) is 5.18 Å². The number of hydrogen-bond acceptors (Lipinski definition) is 4. The lowest BCUT2D eigenvalue weighted by molar-refractivity contribution is -0.144. The molecule has 15 heavy (non-hydrogen) atoms. The van der Waals surface area contributed by atoms with Gasteiger partial charge in [0.05, 0.1) is 6.61 Å². The largest absolute Gasteiger partial charge is 0.464 e. The van der Waals surface area contributed by atoms with Crippen LogP contribution in [0.2, 0.25) is 0 Å². The number of rotatable bonds is 8. The zero-order valence-electron chi connectivity index (χ0n) is 9.86. The summed E-state index contributed by atoms with van der Waals surface area (Å²) >= 11 is 0. The molecule has 88 valence electrons. The average molecular weight is 215 g/mol. The molecule has 0 fully saturated rings. The van der Waals surface area contributed by atoms with Crippen molar-refractivity contribution in [1.29, 1.82) is 0 Å². The number of unbranched alkanes of at least 4 members (excludes halogenated alkanes) is 1. The van der Waals surface area contributed by atoms with Crippen LogP contribution in [0.1, 0.15) is 46.5 Å². The van der Waals surface area contributed by atoms with E-state index in [4.69, 9.17) is 4.74 Å². The fourth-order valence-corrected chi connectivity index (χ4v) is 1.34. The smallest absolute Gasteiger partial charge is 0.334 e. The molecule has 0 heterocycles. The number of carbonyl (C=O) groups excluding carboxylic acids is 1. The standard InChI is InChI=1S/C11H21NO3/c1-4-15-11(13)10(12-14)8-6-5-7-9(2)3/h9-10H,4-8H2,1-3H3. The van der Waals surface area contributed by atoms with Crippen LogP contribution in [0.3, 0.4) is 0 Å². The molecule has 0 saturated heterocycles. The molecule has 1 atom stereocenters. The first-order valence-electron chi connectivity index (χ1n) is 5.60. The molecule has 0 rings (SSSR count). The van der Waals surface area contributed by atoms with Gasteiger partial charge in [-0.3, -0.25) is 0 Å². The topological polar surface area (TPSA) is 55.7 Å². The minimum Gasteiger partial charge on any atom is -0.464 e. The Kier molecular flexibility index (Phi) is 7.86. The lowest BCUT2D eigenvalue weighted by Crippen LogP contribution is -2.21. The first-order chi connectivity index (χ1) is 7.11. The van der Waals surface area contributed by atoms with Gasteiger partial charge in [0, 0.05) is 0 Å². The Bertz CT molecular complexity index is 192. The highest BCUT2D eigenvalue weighted by atomic mass is 16.5. The Balaban J connectivity index is 3.70. The van der Waals surface area contributed by atoms with E-state index in [2.05, 4.69) is 19.0 Å². The molecule has 4 heteroatoms. The quantitative estimate of drug-likeness (QED) is 0.355. The maximum atomic E-state index is 11.2. The van der Waals surface area contributed by atoms with Gasteiger partial charge < -0.3 is 4.74 Å². The Morgan fingerprint density at radius 1 is 1.27 bits per heavy atom. The van der Waals surface area contributed by atoms with Crippen LogP contribution >= 0.6 is 0 Å². The molecule has 0 aromatic carbocycles. The molecule has 0 amide bonds. The molecule has 0 radical (unpaired) electrons. The van der Waals surface area contributed by atoms with Crippen molar-refractivity contribution in [3.05, 3.63) is 4.91 Å². The van der Waals surface area contributed by atoms with E-state index in [-0.39, 0.29) is 0 Å². The number of hydrogen-bond donors (Lipinski definition) is 0. The molecule has 0 aliphatic carbocycles. The Morgan fingerprint density at radius 2 is 1.87 bits per heavy atom. The highest BCUT2D eigenvalue weighted by Crippen LogP contribution is 2.12. The van der Waals surface area contributed by atoms with E-state index < -0.39 is 12.0 Å². The third-order valence-electron chi connectivity index (χ3n) is 2.19. The molecule has 0 aromatic rings. The van der Waals surface area contributed by atoms with Crippen molar-refractivity contribution in [2.24, 2.45) is 11.1 Å². The van der Waals surface area contributed by atoms with E-state index in [0.29, 0.717) is 18.9 Å². The minimum atomic E-state index is -0.808. The van der Waals surface area contributed by atoms with Crippen molar-refractivity contribution < 1.29 is 9.53 Å². The predicted molar refractivity (Wildman–Crippen MR) is 59.5 cm³/mol. The van der Waals surface area contributed by atoms with Crippen molar-refractivity contribution in [2.45, 2.75) is 52.5 Å². The van der Waals surface area contributed by atoms with E-state index in [1.54, 1.807) is 6.92 Å². The van der Waals surface area contributed by atoms with Gasteiger partial charge in [-0.2, -0.15) is 0 Å². The summed E-state index contributed by atoms with van der Waals surface area (Å²) in [5.41, 5.74) is 0. The monoisotopic (exact) mass is 215 g/mol. The number of carbonyl (C=O) groups is 1. The van der Waals surface area contributed by atoms with Crippen molar-refractivity contribution in [2.75, 3.05) is 6.61 Å². The maximum Gasteiger partial charge on any atom is 0.334 e. The number of nitroso groups, excluding NO2 is 1. The summed E-state index contributed by atoms with van der Waals surface area (Å²) in [7, 11) is 0. The highest BCUT2D eigenvalue weighted by Gasteiger charge is 2.19. The highest BCUT2D eigenvalue weighted by molar-refractivity contribution is 5.75. The first-order valence-corrected chi connectivity index (χ1v) is 5.60. The normalized spacial score (nSPS) is 12.5. The fraction of sp³-hybridized carbons (Fsp3) is 0.909. The lowest BCUT2D eigenvalue weighted by Gasteiger charge is -2.08. The maximum absolute atomic E-state index is 11.2. The van der Waals surface area contributed by atoms with Gasteiger partial charge in [-0.25, -0.2) is 4.79 Å². The summed E-state index contributed by atoms with van der Waals surface area (Å²) in [4.78, 5) is 21.6. The average Bonchev–Trinajstić information content (AvgIpc) is 2.17. The molecule has 0 saturated carbocycles. The number of esters is 1. The summed E-state index contributed by atoms with van der Waals surface area (Å²) in [6.45, 7) is 6.33. The molecule has 0 N–H and O–H groups in total. The van der Waals surface area contributed by atoms with Gasteiger partial charge in [-0.05, 0) is 19.3 Å². The molecule has 1 unspecified atom stereocenters. The molecule has 4 nitrogen and oxygen atoms in total. The van der Waals surface area contributed by atoms with Crippen molar-refractivity contribution in [3.63, 3.8) is 0 Å². The van der Waals surface area contributed by atoms with Gasteiger partial charge in [-0.1, -0.05) is 38.3 Å². The van der Waals surface area contributed by atoms with Gasteiger partial charge in [0.2, 0.25) is 0 Å². The van der Waals surface area contributed by atoms with Crippen LogP contribution in [0.25, 0.3) is 0 Å². The van der Waals surface area contributed by atoms with Crippen LogP contribution in [0.5, 0.6) is 0 Å². The molecule has 0 aromatic heterocycles. The molecular formula is C11H21NO3. The van der Waals surface area contributed by atoms with Gasteiger partial charge in [0.15, 0.2) is 6.04 Å². The number of nitrogens with zero attached hydrogens (tertiary/aromatic N) is 1. The third kappa shape index (κ3) is 7.05. The second-order valence-electron chi connectivity index (χ2n) is 4.05. The van der Waals surface area contributed by atoms with Crippen LogP contribution in [-0.4, -0.2) is 18.6 Å². The third-order valence-corrected chi connectivity index (χ3v) is 2.19. The van der Waals surface area contributed by atoms with Crippen molar-refractivity contribution in [1.82, 2.24) is 0 Å². The van der Waals surface area contributed by atoms with Gasteiger partial charge in [0.25, 0.3) is 0 Å². The summed E-state index contributed by atoms with van der Waals surface area (Å²) in [5, 5.41) is 2.80. The van der Waals surface area contributed by atoms with Crippen molar-refractivity contribution >= 4 is 5.97 Å². The summed E-state index contributed by atoms with van der Waals surface area (Å²) in [6.07, 6.45) is 3.51. The molecule has 0 spiro atoms. The summed E-state index contributed by atoms with van der Waals surface area (Å²) < 4.78 is 4.74. The van der Waals surface area contributed by atoms with Crippen LogP contribution in [-0.2, 0) is 9.53 Å². The van der Waals surface area contributed by atoms with Crippen LogP contribution < -0.4 is 0 Å². The fourth-order valence-electron chi connectivity index (χ4n) is 1.34. The minimum absolute atomic E-state index is 0.302. The molecule has 0 bridgehead atoms. The Morgan fingerprint density at radius 3 is 2.33 bits per heavy atom. The summed E-state index contributed by atoms with van der Waals surface area (Å²) in [5.74, 6) is 0.173.